The Morgan fingerprint density at radius 2 is 1.94 bits per heavy atom. The van der Waals surface area contributed by atoms with Gasteiger partial charge in [-0.2, -0.15) is 0 Å². The molecule has 4 heteroatoms. The number of aromatic nitrogens is 2. The van der Waals surface area contributed by atoms with E-state index in [1.165, 1.54) is 18.6 Å². The Labute approximate surface area is 102 Å². The molecule has 0 amide bonds. The highest BCUT2D eigenvalue weighted by Crippen LogP contribution is 2.24. The summed E-state index contributed by atoms with van der Waals surface area (Å²) in [4.78, 5) is 19.7. The van der Waals surface area contributed by atoms with Crippen molar-refractivity contribution in [3.63, 3.8) is 0 Å². The number of carbonyl (C=O) groups excluding carboxylic acids is 1. The van der Waals surface area contributed by atoms with Crippen molar-refractivity contribution in [1.29, 1.82) is 0 Å². The molecule has 0 saturated carbocycles. The molecular weight excluding hydrogens is 216 g/mol. The van der Waals surface area contributed by atoms with Crippen LogP contribution in [0, 0.1) is 0 Å². The molecule has 0 radical (unpaired) electrons. The van der Waals surface area contributed by atoms with Gasteiger partial charge >= 0.3 is 5.97 Å². The van der Waals surface area contributed by atoms with E-state index in [1.54, 1.807) is 0 Å². The lowest BCUT2D eigenvalue weighted by Crippen LogP contribution is -2.31. The third-order valence-corrected chi connectivity index (χ3v) is 2.67. The summed E-state index contributed by atoms with van der Waals surface area (Å²) in [5, 5.41) is 0. The summed E-state index contributed by atoms with van der Waals surface area (Å²) < 4.78 is 5.56. The van der Waals surface area contributed by atoms with Crippen molar-refractivity contribution in [2.24, 2.45) is 0 Å². The summed E-state index contributed by atoms with van der Waals surface area (Å²) in [6.07, 6.45) is 8.18. The SMILES string of the molecule is CCCC(C)(CCC)OC(=O)c1cnccn1. The molecule has 0 fully saturated rings. The molecule has 0 bridgehead atoms. The van der Waals surface area contributed by atoms with Gasteiger partial charge in [0.2, 0.25) is 0 Å². The Morgan fingerprint density at radius 1 is 1.29 bits per heavy atom. The predicted octanol–water partition coefficient (Wildman–Crippen LogP) is 2.99. The number of hydrogen-bond donors (Lipinski definition) is 0. The Balaban J connectivity index is 2.71. The van der Waals surface area contributed by atoms with Crippen LogP contribution in [-0.4, -0.2) is 21.5 Å². The largest absolute Gasteiger partial charge is 0.455 e. The standard InChI is InChI=1S/C13H20N2O2/c1-4-6-13(3,7-5-2)17-12(16)11-10-14-8-9-15-11/h8-10H,4-7H2,1-3H3. The number of ether oxygens (including phenoxy) is 1. The molecule has 0 aromatic carbocycles. The minimum absolute atomic E-state index is 0.269. The molecule has 1 rings (SSSR count). The number of carbonyl (C=O) groups is 1. The summed E-state index contributed by atoms with van der Waals surface area (Å²) >= 11 is 0. The van der Waals surface area contributed by atoms with E-state index in [0.717, 1.165) is 25.7 Å². The van der Waals surface area contributed by atoms with Crippen LogP contribution >= 0.6 is 0 Å². The number of rotatable bonds is 6. The number of nitrogens with zero attached hydrogens (tertiary/aromatic N) is 2. The Bertz CT molecular complexity index is 346. The van der Waals surface area contributed by atoms with Gasteiger partial charge in [-0.05, 0) is 19.8 Å². The van der Waals surface area contributed by atoms with Gasteiger partial charge in [-0.1, -0.05) is 26.7 Å². The average molecular weight is 236 g/mol. The molecule has 0 saturated heterocycles. The molecule has 0 aliphatic rings. The van der Waals surface area contributed by atoms with Gasteiger partial charge in [-0.25, -0.2) is 9.78 Å². The van der Waals surface area contributed by atoms with E-state index in [0.29, 0.717) is 0 Å². The van der Waals surface area contributed by atoms with Crippen LogP contribution < -0.4 is 0 Å². The molecule has 0 aliphatic carbocycles. The van der Waals surface area contributed by atoms with Crippen molar-refractivity contribution in [3.8, 4) is 0 Å². The van der Waals surface area contributed by atoms with E-state index < -0.39 is 5.60 Å². The zero-order chi connectivity index (χ0) is 12.7. The minimum atomic E-state index is -0.391. The molecule has 0 N–H and O–H groups in total. The van der Waals surface area contributed by atoms with Crippen molar-refractivity contribution in [2.75, 3.05) is 0 Å². The molecule has 1 heterocycles. The van der Waals surface area contributed by atoms with Gasteiger partial charge < -0.3 is 4.74 Å². The molecule has 4 nitrogen and oxygen atoms in total. The lowest BCUT2D eigenvalue weighted by molar-refractivity contribution is -0.0188. The first-order chi connectivity index (χ1) is 8.11. The highest BCUT2D eigenvalue weighted by Gasteiger charge is 2.27. The lowest BCUT2D eigenvalue weighted by Gasteiger charge is -2.28. The van der Waals surface area contributed by atoms with Crippen LogP contribution in [0.25, 0.3) is 0 Å². The van der Waals surface area contributed by atoms with Gasteiger partial charge in [0.05, 0.1) is 6.20 Å². The highest BCUT2D eigenvalue weighted by atomic mass is 16.6. The first-order valence-electron chi connectivity index (χ1n) is 6.10. The van der Waals surface area contributed by atoms with Crippen LogP contribution in [-0.2, 0) is 4.74 Å². The van der Waals surface area contributed by atoms with Crippen LogP contribution in [0.4, 0.5) is 0 Å². The van der Waals surface area contributed by atoms with Crippen LogP contribution in [0.3, 0.4) is 0 Å². The zero-order valence-electron chi connectivity index (χ0n) is 10.8. The Morgan fingerprint density at radius 3 is 2.41 bits per heavy atom. The maximum Gasteiger partial charge on any atom is 0.359 e. The van der Waals surface area contributed by atoms with E-state index in [-0.39, 0.29) is 11.7 Å². The molecule has 0 spiro atoms. The zero-order valence-corrected chi connectivity index (χ0v) is 10.8. The maximum absolute atomic E-state index is 11.9. The number of hydrogen-bond acceptors (Lipinski definition) is 4. The molecule has 1 aromatic rings. The number of esters is 1. The summed E-state index contributed by atoms with van der Waals surface area (Å²) in [5.41, 5.74) is -0.121. The molecule has 1 aromatic heterocycles. The average Bonchev–Trinajstić information content (AvgIpc) is 2.30. The van der Waals surface area contributed by atoms with Gasteiger partial charge in [0.15, 0.2) is 5.69 Å². The van der Waals surface area contributed by atoms with Gasteiger partial charge in [-0.15, -0.1) is 0 Å². The fourth-order valence-corrected chi connectivity index (χ4v) is 1.97. The molecule has 17 heavy (non-hydrogen) atoms. The molecular formula is C13H20N2O2. The van der Waals surface area contributed by atoms with Crippen LogP contribution in [0.5, 0.6) is 0 Å². The minimum Gasteiger partial charge on any atom is -0.455 e. The predicted molar refractivity (Wildman–Crippen MR) is 65.7 cm³/mol. The van der Waals surface area contributed by atoms with Gasteiger partial charge in [0.1, 0.15) is 5.60 Å². The van der Waals surface area contributed by atoms with E-state index in [2.05, 4.69) is 23.8 Å². The molecule has 0 atom stereocenters. The fourth-order valence-electron chi connectivity index (χ4n) is 1.97. The van der Waals surface area contributed by atoms with Crippen molar-refractivity contribution >= 4 is 5.97 Å². The molecule has 0 aliphatic heterocycles. The quantitative estimate of drug-likeness (QED) is 0.712. The monoisotopic (exact) mass is 236 g/mol. The third kappa shape index (κ3) is 4.13. The Kier molecular flexibility index (Phi) is 5.07. The van der Waals surface area contributed by atoms with Gasteiger partial charge in [-0.3, -0.25) is 4.98 Å². The van der Waals surface area contributed by atoms with E-state index >= 15 is 0 Å². The van der Waals surface area contributed by atoms with Crippen molar-refractivity contribution in [3.05, 3.63) is 24.3 Å². The summed E-state index contributed by atoms with van der Waals surface area (Å²) in [5.74, 6) is -0.387. The lowest BCUT2D eigenvalue weighted by atomic mass is 9.95. The van der Waals surface area contributed by atoms with Crippen LogP contribution in [0.15, 0.2) is 18.6 Å². The smallest absolute Gasteiger partial charge is 0.359 e. The van der Waals surface area contributed by atoms with Gasteiger partial charge in [0.25, 0.3) is 0 Å². The second kappa shape index (κ2) is 6.33. The normalized spacial score (nSPS) is 11.2. The molecule has 94 valence electrons. The summed E-state index contributed by atoms with van der Waals surface area (Å²) in [7, 11) is 0. The van der Waals surface area contributed by atoms with Crippen LogP contribution in [0.1, 0.15) is 56.9 Å². The Hall–Kier alpha value is -1.45. The first-order valence-corrected chi connectivity index (χ1v) is 6.10. The van der Waals surface area contributed by atoms with Crippen molar-refractivity contribution in [2.45, 2.75) is 52.1 Å². The summed E-state index contributed by atoms with van der Waals surface area (Å²) in [6, 6.07) is 0. The summed E-state index contributed by atoms with van der Waals surface area (Å²) in [6.45, 7) is 6.16. The van der Waals surface area contributed by atoms with E-state index in [4.69, 9.17) is 4.74 Å². The van der Waals surface area contributed by atoms with Crippen LogP contribution in [0.2, 0.25) is 0 Å². The van der Waals surface area contributed by atoms with Crippen molar-refractivity contribution < 1.29 is 9.53 Å². The first kappa shape index (κ1) is 13.6. The topological polar surface area (TPSA) is 52.1 Å². The van der Waals surface area contributed by atoms with E-state index in [9.17, 15) is 4.79 Å². The fraction of sp³-hybridized carbons (Fsp3) is 0.615. The second-order valence-electron chi connectivity index (χ2n) is 4.43. The van der Waals surface area contributed by atoms with Crippen molar-refractivity contribution in [1.82, 2.24) is 9.97 Å². The van der Waals surface area contributed by atoms with E-state index in [1.807, 2.05) is 6.92 Å². The molecule has 0 unspecified atom stereocenters. The highest BCUT2D eigenvalue weighted by molar-refractivity contribution is 5.87. The van der Waals surface area contributed by atoms with Gasteiger partial charge in [0, 0.05) is 12.4 Å². The second-order valence-corrected chi connectivity index (χ2v) is 4.43. The maximum atomic E-state index is 11.9. The third-order valence-electron chi connectivity index (χ3n) is 2.67.